The van der Waals surface area contributed by atoms with Gasteiger partial charge in [0.2, 0.25) is 5.91 Å². The van der Waals surface area contributed by atoms with Crippen LogP contribution >= 0.6 is 0 Å². The summed E-state index contributed by atoms with van der Waals surface area (Å²) in [6, 6.07) is -0.827. The van der Waals surface area contributed by atoms with Crippen LogP contribution in [-0.2, 0) is 4.79 Å². The van der Waals surface area contributed by atoms with E-state index < -0.39 is 18.2 Å². The number of nitrogens with one attached hydrogen (secondary N) is 1. The number of carbonyl (C=O) groups excluding carboxylic acids is 1. The summed E-state index contributed by atoms with van der Waals surface area (Å²) in [5.74, 6) is -0.152. The van der Waals surface area contributed by atoms with Gasteiger partial charge in [-0.3, -0.25) is 4.79 Å². The van der Waals surface area contributed by atoms with E-state index in [1.807, 2.05) is 0 Å². The first-order valence-electron chi connectivity index (χ1n) is 27.8. The van der Waals surface area contributed by atoms with Crippen molar-refractivity contribution in [2.45, 2.75) is 315 Å². The number of rotatable bonds is 51. The van der Waals surface area contributed by atoms with E-state index in [-0.39, 0.29) is 12.5 Å². The quantitative estimate of drug-likeness (QED) is 0.0362. The summed E-state index contributed by atoms with van der Waals surface area (Å²) in [5.41, 5.74) is 0. The predicted octanol–water partition coefficient (Wildman–Crippen LogP) is 17.1. The normalized spacial score (nSPS) is 13.6. The van der Waals surface area contributed by atoms with E-state index in [0.29, 0.717) is 12.8 Å². The van der Waals surface area contributed by atoms with Gasteiger partial charge in [-0.25, -0.2) is 0 Å². The first kappa shape index (κ1) is 60.6. The third kappa shape index (κ3) is 46.6. The van der Waals surface area contributed by atoms with Gasteiger partial charge in [-0.1, -0.05) is 256 Å². The third-order valence-electron chi connectivity index (χ3n) is 13.0. The zero-order valence-electron chi connectivity index (χ0n) is 41.8. The average molecular weight is 873 g/mol. The lowest BCUT2D eigenvalue weighted by Crippen LogP contribution is -2.50. The first-order chi connectivity index (χ1) is 30.6. The van der Waals surface area contributed by atoms with Crippen LogP contribution in [0.3, 0.4) is 0 Å². The van der Waals surface area contributed by atoms with Gasteiger partial charge >= 0.3 is 0 Å². The molecular formula is C57H109NO4. The van der Waals surface area contributed by atoms with Crippen LogP contribution < -0.4 is 5.32 Å². The number of hydrogen-bond acceptors (Lipinski definition) is 4. The Labute approximate surface area is 387 Å². The maximum Gasteiger partial charge on any atom is 0.220 e. The molecule has 0 radical (unpaired) electrons. The van der Waals surface area contributed by atoms with E-state index >= 15 is 0 Å². The van der Waals surface area contributed by atoms with Gasteiger partial charge in [0.1, 0.15) is 6.10 Å². The highest BCUT2D eigenvalue weighted by Crippen LogP contribution is 2.17. The molecule has 0 aromatic heterocycles. The number of unbranched alkanes of at least 4 members (excludes halogenated alkanes) is 37. The Morgan fingerprint density at radius 2 is 0.694 bits per heavy atom. The van der Waals surface area contributed by atoms with Crippen molar-refractivity contribution in [3.05, 3.63) is 36.5 Å². The van der Waals surface area contributed by atoms with E-state index in [1.54, 1.807) is 0 Å². The van der Waals surface area contributed by atoms with Crippen molar-refractivity contribution in [3.8, 4) is 0 Å². The Hall–Kier alpha value is -1.43. The maximum atomic E-state index is 12.5. The van der Waals surface area contributed by atoms with Gasteiger partial charge in [-0.05, 0) is 70.6 Å². The molecule has 0 aliphatic carbocycles. The second-order valence-electron chi connectivity index (χ2n) is 19.1. The molecule has 0 aliphatic rings. The highest BCUT2D eigenvalue weighted by Gasteiger charge is 2.26. The van der Waals surface area contributed by atoms with Gasteiger partial charge in [0.15, 0.2) is 0 Å². The monoisotopic (exact) mass is 872 g/mol. The molecule has 0 aromatic rings. The Kier molecular flexibility index (Phi) is 51.0. The van der Waals surface area contributed by atoms with Crippen LogP contribution in [-0.4, -0.2) is 46.1 Å². The molecular weight excluding hydrogens is 763 g/mol. The first-order valence-corrected chi connectivity index (χ1v) is 27.8. The van der Waals surface area contributed by atoms with Crippen molar-refractivity contribution in [1.82, 2.24) is 5.32 Å². The van der Waals surface area contributed by atoms with Crippen molar-refractivity contribution in [1.29, 1.82) is 0 Å². The number of allylic oxidation sites excluding steroid dienone is 6. The predicted molar refractivity (Wildman–Crippen MR) is 273 cm³/mol. The third-order valence-corrected chi connectivity index (χ3v) is 13.0. The molecule has 0 aromatic carbocycles. The molecule has 0 heterocycles. The molecule has 0 bridgehead atoms. The Balaban J connectivity index is 3.57. The van der Waals surface area contributed by atoms with Crippen LogP contribution in [0.4, 0.5) is 0 Å². The van der Waals surface area contributed by atoms with Crippen LogP contribution in [0.5, 0.6) is 0 Å². The largest absolute Gasteiger partial charge is 0.394 e. The fraction of sp³-hybridized carbons (Fsp3) is 0.877. The van der Waals surface area contributed by atoms with Crippen molar-refractivity contribution < 1.29 is 20.1 Å². The molecule has 3 atom stereocenters. The highest BCUT2D eigenvalue weighted by molar-refractivity contribution is 5.76. The molecule has 1 amide bonds. The van der Waals surface area contributed by atoms with Gasteiger partial charge in [-0.15, -0.1) is 0 Å². The van der Waals surface area contributed by atoms with Gasteiger partial charge in [0.25, 0.3) is 0 Å². The summed E-state index contributed by atoms with van der Waals surface area (Å²) in [7, 11) is 0. The zero-order valence-corrected chi connectivity index (χ0v) is 41.8. The average Bonchev–Trinajstić information content (AvgIpc) is 3.28. The standard InChI is InChI=1S/C57H109NO4/c1-3-5-7-9-11-13-15-17-19-21-23-24-25-26-27-28-29-30-31-32-34-36-38-40-42-44-46-48-50-52-56(61)58-54(53-59)57(62)55(60)51-49-47-45-43-41-39-37-35-33-22-20-18-16-14-12-10-8-6-4-2/h23-24,26-27,43,45,54-55,57,59-60,62H,3-22,25,28-42,44,46-53H2,1-2H3,(H,58,61)/b24-23-,27-26-,45-43+. The Bertz CT molecular complexity index is 962. The molecule has 62 heavy (non-hydrogen) atoms. The van der Waals surface area contributed by atoms with E-state index in [0.717, 1.165) is 44.9 Å². The van der Waals surface area contributed by atoms with Gasteiger partial charge in [0, 0.05) is 6.42 Å². The topological polar surface area (TPSA) is 89.8 Å². The Morgan fingerprint density at radius 3 is 1.03 bits per heavy atom. The lowest BCUT2D eigenvalue weighted by atomic mass is 10.0. The molecule has 0 fully saturated rings. The van der Waals surface area contributed by atoms with Crippen LogP contribution in [0, 0.1) is 0 Å². The van der Waals surface area contributed by atoms with Crippen LogP contribution in [0.25, 0.3) is 0 Å². The number of carbonyl (C=O) groups is 1. The molecule has 5 heteroatoms. The fourth-order valence-electron chi connectivity index (χ4n) is 8.67. The lowest BCUT2D eigenvalue weighted by molar-refractivity contribution is -0.124. The van der Waals surface area contributed by atoms with E-state index in [4.69, 9.17) is 0 Å². The maximum absolute atomic E-state index is 12.5. The summed E-state index contributed by atoms with van der Waals surface area (Å²) in [5, 5.41) is 33.7. The number of aliphatic hydroxyl groups excluding tert-OH is 3. The van der Waals surface area contributed by atoms with Gasteiger partial charge in [0.05, 0.1) is 18.8 Å². The second-order valence-corrected chi connectivity index (χ2v) is 19.1. The van der Waals surface area contributed by atoms with Crippen molar-refractivity contribution >= 4 is 5.91 Å². The van der Waals surface area contributed by atoms with E-state index in [1.165, 1.54) is 225 Å². The van der Waals surface area contributed by atoms with Crippen molar-refractivity contribution in [2.24, 2.45) is 0 Å². The molecule has 0 saturated heterocycles. The summed E-state index contributed by atoms with van der Waals surface area (Å²) in [6.07, 6.45) is 67.2. The summed E-state index contributed by atoms with van der Waals surface area (Å²) >= 11 is 0. The second kappa shape index (κ2) is 52.2. The molecule has 4 N–H and O–H groups in total. The van der Waals surface area contributed by atoms with Crippen LogP contribution in [0.1, 0.15) is 296 Å². The minimum absolute atomic E-state index is 0.152. The molecule has 366 valence electrons. The number of amides is 1. The number of aliphatic hydroxyl groups is 3. The molecule has 5 nitrogen and oxygen atoms in total. The summed E-state index contributed by atoms with van der Waals surface area (Å²) in [4.78, 5) is 12.5. The lowest BCUT2D eigenvalue weighted by Gasteiger charge is -2.26. The minimum atomic E-state index is -1.16. The van der Waals surface area contributed by atoms with Gasteiger partial charge in [-0.2, -0.15) is 0 Å². The molecule has 0 rings (SSSR count). The summed E-state index contributed by atoms with van der Waals surface area (Å²) in [6.45, 7) is 4.19. The molecule has 3 unspecified atom stereocenters. The fourth-order valence-corrected chi connectivity index (χ4v) is 8.67. The van der Waals surface area contributed by atoms with Crippen molar-refractivity contribution in [2.75, 3.05) is 6.61 Å². The summed E-state index contributed by atoms with van der Waals surface area (Å²) < 4.78 is 0. The molecule has 0 aliphatic heterocycles. The molecule has 0 spiro atoms. The van der Waals surface area contributed by atoms with E-state index in [2.05, 4.69) is 55.6 Å². The smallest absolute Gasteiger partial charge is 0.220 e. The van der Waals surface area contributed by atoms with Crippen molar-refractivity contribution in [3.63, 3.8) is 0 Å². The highest BCUT2D eigenvalue weighted by atomic mass is 16.3. The molecule has 0 saturated carbocycles. The SMILES string of the molecule is CCCCCCCCCCC/C=C\C/C=C\CCCCCCCCCCCCCCCC(=O)NC(CO)C(O)C(O)CCC/C=C/CCCCCCCCCCCCCCCC. The van der Waals surface area contributed by atoms with Crippen LogP contribution in [0.15, 0.2) is 36.5 Å². The van der Waals surface area contributed by atoms with Crippen LogP contribution in [0.2, 0.25) is 0 Å². The van der Waals surface area contributed by atoms with Gasteiger partial charge < -0.3 is 20.6 Å². The van der Waals surface area contributed by atoms with E-state index in [9.17, 15) is 20.1 Å². The zero-order chi connectivity index (χ0) is 45.1. The minimum Gasteiger partial charge on any atom is -0.394 e. The number of hydrogen-bond donors (Lipinski definition) is 4. The Morgan fingerprint density at radius 1 is 0.403 bits per heavy atom.